The van der Waals surface area contributed by atoms with E-state index >= 15 is 0 Å². The molecule has 0 aromatic heterocycles. The lowest BCUT2D eigenvalue weighted by molar-refractivity contribution is -0.385. The topological polar surface area (TPSA) is 84.7 Å². The molecule has 7 nitrogen and oxygen atoms in total. The second-order valence-electron chi connectivity index (χ2n) is 6.12. The Morgan fingerprint density at radius 1 is 1.15 bits per heavy atom. The molecule has 0 spiro atoms. The molecule has 2 rings (SSSR count). The van der Waals surface area contributed by atoms with Crippen LogP contribution in [-0.4, -0.2) is 49.0 Å². The number of nitrogens with one attached hydrogen (secondary N) is 1. The van der Waals surface area contributed by atoms with Crippen molar-refractivity contribution in [1.82, 2.24) is 10.2 Å². The summed E-state index contributed by atoms with van der Waals surface area (Å²) in [4.78, 5) is 24.5. The number of nitrogens with zero attached hydrogens (tertiary/aromatic N) is 2. The monoisotopic (exact) mass is 357 g/mol. The number of nitro groups is 1. The smallest absolute Gasteiger partial charge is 0.310 e. The molecule has 0 saturated heterocycles. The van der Waals surface area contributed by atoms with E-state index in [-0.39, 0.29) is 30.0 Å². The van der Waals surface area contributed by atoms with Gasteiger partial charge in [0.1, 0.15) is 0 Å². The number of benzene rings is 2. The third-order valence-corrected chi connectivity index (χ3v) is 4.00. The van der Waals surface area contributed by atoms with Crippen LogP contribution in [0.1, 0.15) is 5.56 Å². The van der Waals surface area contributed by atoms with Crippen LogP contribution in [0.3, 0.4) is 0 Å². The summed E-state index contributed by atoms with van der Waals surface area (Å²) >= 11 is 0. The summed E-state index contributed by atoms with van der Waals surface area (Å²) < 4.78 is 5.30. The normalized spacial score (nSPS) is 11.8. The highest BCUT2D eigenvalue weighted by Gasteiger charge is 2.16. The van der Waals surface area contributed by atoms with Crippen molar-refractivity contribution in [2.45, 2.75) is 12.5 Å². The van der Waals surface area contributed by atoms with Crippen LogP contribution in [0.15, 0.2) is 54.6 Å². The highest BCUT2D eigenvalue weighted by Crippen LogP contribution is 2.25. The fourth-order valence-electron chi connectivity index (χ4n) is 2.48. The maximum atomic E-state index is 12.1. The van der Waals surface area contributed by atoms with Crippen molar-refractivity contribution in [3.05, 3.63) is 70.3 Å². The van der Waals surface area contributed by atoms with Gasteiger partial charge in [-0.25, -0.2) is 0 Å². The first kappa shape index (κ1) is 19.4. The molecule has 0 radical (unpaired) electrons. The van der Waals surface area contributed by atoms with Gasteiger partial charge in [-0.1, -0.05) is 42.5 Å². The Kier molecular flexibility index (Phi) is 7.11. The van der Waals surface area contributed by atoms with Gasteiger partial charge in [0.15, 0.2) is 12.4 Å². The van der Waals surface area contributed by atoms with Gasteiger partial charge in [-0.15, -0.1) is 0 Å². The quantitative estimate of drug-likeness (QED) is 0.550. The molecule has 0 fully saturated rings. The molecular weight excluding hydrogens is 334 g/mol. The minimum absolute atomic E-state index is 0.0843. The van der Waals surface area contributed by atoms with E-state index in [1.807, 2.05) is 32.3 Å². The zero-order valence-corrected chi connectivity index (χ0v) is 14.9. The van der Waals surface area contributed by atoms with Gasteiger partial charge in [0.05, 0.1) is 4.92 Å². The second-order valence-corrected chi connectivity index (χ2v) is 6.12. The maximum Gasteiger partial charge on any atom is 0.310 e. The molecule has 138 valence electrons. The number of hydrogen-bond donors (Lipinski definition) is 1. The van der Waals surface area contributed by atoms with Crippen molar-refractivity contribution in [1.29, 1.82) is 0 Å². The maximum absolute atomic E-state index is 12.1. The number of likely N-dealkylation sites (N-methyl/N-ethyl adjacent to an activating group) is 1. The molecule has 7 heteroatoms. The molecule has 0 saturated carbocycles. The number of para-hydroxylation sites is 2. The molecule has 2 aromatic carbocycles. The fourth-order valence-corrected chi connectivity index (χ4v) is 2.48. The van der Waals surface area contributed by atoms with Crippen molar-refractivity contribution in [2.24, 2.45) is 0 Å². The highest BCUT2D eigenvalue weighted by atomic mass is 16.6. The standard InChI is InChI=1S/C19H23N3O4/c1-21(2)16(12-15-8-4-3-5-9-15)13-20-19(23)14-26-18-11-7-6-10-17(18)22(24)25/h3-11,16H,12-14H2,1-2H3,(H,20,23). The second kappa shape index (κ2) is 9.53. The summed E-state index contributed by atoms with van der Waals surface area (Å²) in [5, 5.41) is 13.8. The predicted molar refractivity (Wildman–Crippen MR) is 99.2 cm³/mol. The lowest BCUT2D eigenvalue weighted by atomic mass is 10.1. The Bertz CT molecular complexity index is 735. The number of nitro benzene ring substituents is 1. The van der Waals surface area contributed by atoms with Crippen molar-refractivity contribution in [3.8, 4) is 5.75 Å². The summed E-state index contributed by atoms with van der Waals surface area (Å²) in [6.45, 7) is 0.192. The lowest BCUT2D eigenvalue weighted by Crippen LogP contribution is -2.43. The number of amides is 1. The molecule has 1 N–H and O–H groups in total. The molecule has 0 aliphatic rings. The minimum atomic E-state index is -0.533. The van der Waals surface area contributed by atoms with E-state index in [0.29, 0.717) is 6.54 Å². The van der Waals surface area contributed by atoms with Crippen LogP contribution in [0.25, 0.3) is 0 Å². The number of hydrogen-bond acceptors (Lipinski definition) is 5. The Morgan fingerprint density at radius 2 is 1.81 bits per heavy atom. The van der Waals surface area contributed by atoms with E-state index < -0.39 is 4.92 Å². The van der Waals surface area contributed by atoms with Crippen molar-refractivity contribution in [3.63, 3.8) is 0 Å². The van der Waals surface area contributed by atoms with E-state index in [1.54, 1.807) is 12.1 Å². The molecule has 26 heavy (non-hydrogen) atoms. The third-order valence-electron chi connectivity index (χ3n) is 4.00. The first-order valence-electron chi connectivity index (χ1n) is 8.30. The average Bonchev–Trinajstić information content (AvgIpc) is 2.64. The zero-order valence-electron chi connectivity index (χ0n) is 14.9. The molecule has 2 aromatic rings. The third kappa shape index (κ3) is 5.86. The van der Waals surface area contributed by atoms with Crippen LogP contribution < -0.4 is 10.1 Å². The van der Waals surface area contributed by atoms with Gasteiger partial charge in [0.2, 0.25) is 0 Å². The van der Waals surface area contributed by atoms with Crippen LogP contribution in [0.2, 0.25) is 0 Å². The molecule has 0 bridgehead atoms. The van der Waals surface area contributed by atoms with Gasteiger partial charge in [0, 0.05) is 18.7 Å². The van der Waals surface area contributed by atoms with E-state index in [9.17, 15) is 14.9 Å². The van der Waals surface area contributed by atoms with Gasteiger partial charge >= 0.3 is 5.69 Å². The van der Waals surface area contributed by atoms with E-state index in [2.05, 4.69) is 22.3 Å². The Balaban J connectivity index is 1.86. The van der Waals surface area contributed by atoms with Gasteiger partial charge in [-0.2, -0.15) is 0 Å². The summed E-state index contributed by atoms with van der Waals surface area (Å²) in [5.74, 6) is -0.232. The number of carbonyl (C=O) groups excluding carboxylic acids is 1. The molecule has 1 unspecified atom stereocenters. The Morgan fingerprint density at radius 3 is 2.46 bits per heavy atom. The molecule has 0 aliphatic heterocycles. The van der Waals surface area contributed by atoms with E-state index in [0.717, 1.165) is 6.42 Å². The predicted octanol–water partition coefficient (Wildman–Crippen LogP) is 2.26. The van der Waals surface area contributed by atoms with Gasteiger partial charge in [0.25, 0.3) is 5.91 Å². The van der Waals surface area contributed by atoms with E-state index in [1.165, 1.54) is 17.7 Å². The number of carbonyl (C=O) groups is 1. The minimum Gasteiger partial charge on any atom is -0.477 e. The molecule has 1 atom stereocenters. The Labute approximate surface area is 152 Å². The van der Waals surface area contributed by atoms with Crippen LogP contribution in [0.5, 0.6) is 5.75 Å². The number of ether oxygens (including phenoxy) is 1. The molecular formula is C19H23N3O4. The first-order valence-corrected chi connectivity index (χ1v) is 8.30. The summed E-state index contributed by atoms with van der Waals surface area (Å²) in [5.41, 5.74) is 1.03. The van der Waals surface area contributed by atoms with E-state index in [4.69, 9.17) is 4.74 Å². The number of rotatable bonds is 9. The van der Waals surface area contributed by atoms with Crippen LogP contribution in [0.4, 0.5) is 5.69 Å². The van der Waals surface area contributed by atoms with Gasteiger partial charge in [-0.05, 0) is 32.1 Å². The van der Waals surface area contributed by atoms with Crippen LogP contribution in [-0.2, 0) is 11.2 Å². The zero-order chi connectivity index (χ0) is 18.9. The molecule has 1 amide bonds. The van der Waals surface area contributed by atoms with Crippen molar-refractivity contribution < 1.29 is 14.5 Å². The van der Waals surface area contributed by atoms with Crippen LogP contribution in [0, 0.1) is 10.1 Å². The Hall–Kier alpha value is -2.93. The highest BCUT2D eigenvalue weighted by molar-refractivity contribution is 5.77. The largest absolute Gasteiger partial charge is 0.477 e. The van der Waals surface area contributed by atoms with Crippen molar-refractivity contribution >= 4 is 11.6 Å². The lowest BCUT2D eigenvalue weighted by Gasteiger charge is -2.24. The average molecular weight is 357 g/mol. The molecule has 0 aliphatic carbocycles. The van der Waals surface area contributed by atoms with Gasteiger partial charge < -0.3 is 15.0 Å². The van der Waals surface area contributed by atoms with Crippen molar-refractivity contribution in [2.75, 3.05) is 27.2 Å². The summed E-state index contributed by atoms with van der Waals surface area (Å²) in [6.07, 6.45) is 0.805. The van der Waals surface area contributed by atoms with Crippen LogP contribution >= 0.6 is 0 Å². The summed E-state index contributed by atoms with van der Waals surface area (Å²) in [7, 11) is 3.92. The summed E-state index contributed by atoms with van der Waals surface area (Å²) in [6, 6.07) is 16.2. The first-order chi connectivity index (χ1) is 12.5. The van der Waals surface area contributed by atoms with Gasteiger partial charge in [-0.3, -0.25) is 14.9 Å². The molecule has 0 heterocycles. The SMILES string of the molecule is CN(C)C(CNC(=O)COc1ccccc1[N+](=O)[O-])Cc1ccccc1. The fraction of sp³-hybridized carbons (Fsp3) is 0.316.